The van der Waals surface area contributed by atoms with Crippen LogP contribution in [0.1, 0.15) is 29.5 Å². The van der Waals surface area contributed by atoms with Crippen LogP contribution in [-0.2, 0) is 10.0 Å². The summed E-state index contributed by atoms with van der Waals surface area (Å²) in [7, 11) is -3.47. The van der Waals surface area contributed by atoms with Crippen molar-refractivity contribution in [2.45, 2.75) is 24.7 Å². The molecule has 0 unspecified atom stereocenters. The monoisotopic (exact) mass is 497 g/mol. The van der Waals surface area contributed by atoms with Crippen molar-refractivity contribution < 1.29 is 8.42 Å². The van der Waals surface area contributed by atoms with Gasteiger partial charge in [0, 0.05) is 53.8 Å². The topological polar surface area (TPSA) is 102 Å². The van der Waals surface area contributed by atoms with Crippen molar-refractivity contribution in [3.05, 3.63) is 89.9 Å². The number of aryl methyl sites for hydroxylation is 1. The Bertz CT molecular complexity index is 1560. The lowest BCUT2D eigenvalue weighted by Gasteiger charge is -2.30. The minimum atomic E-state index is -3.47. The van der Waals surface area contributed by atoms with E-state index >= 15 is 0 Å². The summed E-state index contributed by atoms with van der Waals surface area (Å²) in [4.78, 5) is 7.81. The van der Waals surface area contributed by atoms with E-state index in [-0.39, 0.29) is 5.92 Å². The fourth-order valence-electron chi connectivity index (χ4n) is 4.67. The van der Waals surface area contributed by atoms with Gasteiger partial charge in [0.2, 0.25) is 10.0 Å². The van der Waals surface area contributed by atoms with Gasteiger partial charge in [-0.3, -0.25) is 4.98 Å². The summed E-state index contributed by atoms with van der Waals surface area (Å²) in [5, 5.41) is 14.3. The van der Waals surface area contributed by atoms with Crippen molar-refractivity contribution in [2.75, 3.05) is 18.4 Å². The number of nitriles is 1. The molecule has 182 valence electrons. The number of nitrogens with zero attached hydrogens (tertiary/aromatic N) is 3. The number of pyridine rings is 1. The first-order valence-corrected chi connectivity index (χ1v) is 13.4. The molecule has 1 aliphatic rings. The van der Waals surface area contributed by atoms with Crippen LogP contribution in [0.5, 0.6) is 0 Å². The van der Waals surface area contributed by atoms with Crippen LogP contribution in [0.2, 0.25) is 0 Å². The van der Waals surface area contributed by atoms with E-state index in [1.54, 1.807) is 41.0 Å². The van der Waals surface area contributed by atoms with E-state index in [4.69, 9.17) is 0 Å². The number of benzene rings is 2. The van der Waals surface area contributed by atoms with Gasteiger partial charge in [0.15, 0.2) is 0 Å². The molecule has 0 saturated carbocycles. The average molecular weight is 498 g/mol. The van der Waals surface area contributed by atoms with Gasteiger partial charge in [0.1, 0.15) is 6.07 Å². The third-order valence-corrected chi connectivity index (χ3v) is 8.70. The van der Waals surface area contributed by atoms with E-state index < -0.39 is 10.0 Å². The summed E-state index contributed by atoms with van der Waals surface area (Å²) < 4.78 is 27.4. The van der Waals surface area contributed by atoms with E-state index in [0.717, 1.165) is 40.6 Å². The van der Waals surface area contributed by atoms with Crippen LogP contribution in [0.15, 0.2) is 78.1 Å². The maximum Gasteiger partial charge on any atom is 0.243 e. The van der Waals surface area contributed by atoms with Crippen LogP contribution in [-0.4, -0.2) is 35.8 Å². The molecule has 0 amide bonds. The quantitative estimate of drug-likeness (QED) is 0.361. The lowest BCUT2D eigenvalue weighted by atomic mass is 9.96. The molecule has 1 fully saturated rings. The SMILES string of the molecule is Cc1c(Nc2c(C#N)cncc2/C=C/C2CCN(S(=O)(=O)c3ccccc3)CC2)ccc2[nH]ccc12. The second kappa shape index (κ2) is 9.97. The number of hydrogen-bond acceptors (Lipinski definition) is 5. The van der Waals surface area contributed by atoms with Crippen LogP contribution in [0.4, 0.5) is 11.4 Å². The summed E-state index contributed by atoms with van der Waals surface area (Å²) in [6, 6.07) is 16.9. The molecular formula is C28H27N5O2S. The molecule has 5 rings (SSSR count). The molecule has 0 spiro atoms. The third-order valence-electron chi connectivity index (χ3n) is 6.79. The first-order chi connectivity index (χ1) is 17.5. The Labute approximate surface area is 211 Å². The van der Waals surface area contributed by atoms with Gasteiger partial charge in [-0.15, -0.1) is 0 Å². The molecule has 2 aromatic heterocycles. The molecule has 1 aliphatic heterocycles. The predicted octanol–water partition coefficient (Wildman–Crippen LogP) is 5.60. The van der Waals surface area contributed by atoms with Gasteiger partial charge in [-0.2, -0.15) is 9.57 Å². The van der Waals surface area contributed by atoms with E-state index in [2.05, 4.69) is 34.4 Å². The van der Waals surface area contributed by atoms with Crippen molar-refractivity contribution in [3.63, 3.8) is 0 Å². The van der Waals surface area contributed by atoms with Gasteiger partial charge >= 0.3 is 0 Å². The molecule has 1 saturated heterocycles. The summed E-state index contributed by atoms with van der Waals surface area (Å²) >= 11 is 0. The Morgan fingerprint density at radius 2 is 1.89 bits per heavy atom. The first kappa shape index (κ1) is 23.8. The lowest BCUT2D eigenvalue weighted by Crippen LogP contribution is -2.38. The fraction of sp³-hybridized carbons (Fsp3) is 0.214. The summed E-state index contributed by atoms with van der Waals surface area (Å²) in [5.41, 5.74) is 5.09. The number of aromatic nitrogens is 2. The number of H-pyrrole nitrogens is 1. The third kappa shape index (κ3) is 4.63. The molecule has 0 radical (unpaired) electrons. The molecule has 0 atom stereocenters. The second-order valence-electron chi connectivity index (χ2n) is 8.98. The highest BCUT2D eigenvalue weighted by molar-refractivity contribution is 7.89. The minimum absolute atomic E-state index is 0.240. The Kier molecular flexibility index (Phi) is 6.59. The van der Waals surface area contributed by atoms with E-state index in [1.165, 1.54) is 0 Å². The van der Waals surface area contributed by atoms with Gasteiger partial charge in [-0.05, 0) is 61.6 Å². The summed E-state index contributed by atoms with van der Waals surface area (Å²) in [6.45, 7) is 3.01. The van der Waals surface area contributed by atoms with Gasteiger partial charge in [-0.1, -0.05) is 30.4 Å². The number of fused-ring (bicyclic) bond motifs is 1. The van der Waals surface area contributed by atoms with Crippen LogP contribution >= 0.6 is 0 Å². The van der Waals surface area contributed by atoms with Crippen molar-refractivity contribution in [1.29, 1.82) is 5.26 Å². The Hall–Kier alpha value is -3.93. The molecule has 3 heterocycles. The molecule has 2 aromatic carbocycles. The van der Waals surface area contributed by atoms with Crippen molar-refractivity contribution in [3.8, 4) is 6.07 Å². The van der Waals surface area contributed by atoms with Crippen LogP contribution < -0.4 is 5.32 Å². The number of rotatable bonds is 6. The number of sulfonamides is 1. The largest absolute Gasteiger partial charge is 0.361 e. The zero-order chi connectivity index (χ0) is 25.1. The molecule has 7 nitrogen and oxygen atoms in total. The molecule has 0 bridgehead atoms. The van der Waals surface area contributed by atoms with Crippen molar-refractivity contribution >= 4 is 38.4 Å². The lowest BCUT2D eigenvalue weighted by molar-refractivity contribution is 0.306. The Morgan fingerprint density at radius 1 is 1.11 bits per heavy atom. The van der Waals surface area contributed by atoms with Crippen LogP contribution in [0.3, 0.4) is 0 Å². The maximum absolute atomic E-state index is 12.9. The highest BCUT2D eigenvalue weighted by Gasteiger charge is 2.28. The smallest absolute Gasteiger partial charge is 0.243 e. The fourth-order valence-corrected chi connectivity index (χ4v) is 6.16. The van der Waals surface area contributed by atoms with E-state index in [0.29, 0.717) is 29.2 Å². The normalized spacial score (nSPS) is 15.3. The summed E-state index contributed by atoms with van der Waals surface area (Å²) in [5.74, 6) is 0.240. The van der Waals surface area contributed by atoms with Gasteiger partial charge < -0.3 is 10.3 Å². The molecule has 0 aliphatic carbocycles. The van der Waals surface area contributed by atoms with Crippen LogP contribution in [0.25, 0.3) is 17.0 Å². The van der Waals surface area contributed by atoms with Crippen molar-refractivity contribution in [2.24, 2.45) is 5.92 Å². The Morgan fingerprint density at radius 3 is 2.64 bits per heavy atom. The predicted molar refractivity (Wildman–Crippen MR) is 142 cm³/mol. The van der Waals surface area contributed by atoms with E-state index in [9.17, 15) is 13.7 Å². The minimum Gasteiger partial charge on any atom is -0.361 e. The number of anilines is 2. The molecule has 36 heavy (non-hydrogen) atoms. The highest BCUT2D eigenvalue weighted by atomic mass is 32.2. The van der Waals surface area contributed by atoms with E-state index in [1.807, 2.05) is 36.5 Å². The zero-order valence-electron chi connectivity index (χ0n) is 20.0. The molecule has 2 N–H and O–H groups in total. The molecule has 4 aromatic rings. The number of piperidine rings is 1. The first-order valence-electron chi connectivity index (χ1n) is 11.9. The highest BCUT2D eigenvalue weighted by Crippen LogP contribution is 2.32. The zero-order valence-corrected chi connectivity index (χ0v) is 20.8. The van der Waals surface area contributed by atoms with Gasteiger partial charge in [0.05, 0.1) is 16.1 Å². The number of allylic oxidation sites excluding steroid dienone is 1. The Balaban J connectivity index is 1.33. The maximum atomic E-state index is 12.9. The second-order valence-corrected chi connectivity index (χ2v) is 10.9. The molecular weight excluding hydrogens is 470 g/mol. The van der Waals surface area contributed by atoms with Crippen molar-refractivity contribution in [1.82, 2.24) is 14.3 Å². The number of aromatic amines is 1. The number of nitrogens with one attached hydrogen (secondary N) is 2. The van der Waals surface area contributed by atoms with Crippen LogP contribution in [0, 0.1) is 24.2 Å². The van der Waals surface area contributed by atoms with Gasteiger partial charge in [0.25, 0.3) is 0 Å². The molecule has 8 heteroatoms. The van der Waals surface area contributed by atoms with Gasteiger partial charge in [-0.25, -0.2) is 8.42 Å². The average Bonchev–Trinajstić information content (AvgIpc) is 3.40. The standard InChI is InChI=1S/C28H27N5O2S/c1-20-25-11-14-31-27(25)10-9-26(20)32-28-22(18-30-19-23(28)17-29)8-7-21-12-15-33(16-13-21)36(34,35)24-5-3-2-4-6-24/h2-11,14,18-19,21,31H,12-13,15-16H2,1H3,(H,30,32)/b8-7+. The summed E-state index contributed by atoms with van der Waals surface area (Å²) in [6.07, 6.45) is 10.8. The number of hydrogen-bond donors (Lipinski definition) is 2.